The Bertz CT molecular complexity index is 2120. The topological polar surface area (TPSA) is 157 Å². The number of allylic oxidation sites excluding steroid dienone is 5. The molecular weight excluding hydrogens is 648 g/mol. The molecule has 0 saturated carbocycles. The van der Waals surface area contributed by atoms with E-state index in [1.165, 1.54) is 0 Å². The van der Waals surface area contributed by atoms with Gasteiger partial charge in [0.1, 0.15) is 0 Å². The molecule has 4 aromatic heterocycles. The number of nitrogens with one attached hydrogen (secondary N) is 1. The summed E-state index contributed by atoms with van der Waals surface area (Å²) in [6.07, 6.45) is 9.14. The van der Waals surface area contributed by atoms with E-state index in [0.29, 0.717) is 40.8 Å². The van der Waals surface area contributed by atoms with Crippen LogP contribution in [0, 0.1) is 13.8 Å². The van der Waals surface area contributed by atoms with Crippen LogP contribution in [0.2, 0.25) is 0 Å². The number of carboxylic acid groups (broad SMARTS) is 2. The number of rotatable bonds is 8. The smallest absolute Gasteiger partial charge is 0.657 e. The van der Waals surface area contributed by atoms with E-state index in [1.807, 2.05) is 52.0 Å². The second-order valence-corrected chi connectivity index (χ2v) is 11.3. The molecule has 3 N–H and O–H groups in total. The fraction of sp³-hybridized carbons (Fsp3) is 0.216. The normalized spacial score (nSPS) is 12.2. The molecule has 0 radical (unpaired) electrons. The van der Waals surface area contributed by atoms with E-state index in [2.05, 4.69) is 23.1 Å². The first-order valence-corrected chi connectivity index (χ1v) is 15.2. The summed E-state index contributed by atoms with van der Waals surface area (Å²) in [5.41, 5.74) is 12.6. The zero-order valence-corrected chi connectivity index (χ0v) is 28.3. The minimum atomic E-state index is -0.898. The van der Waals surface area contributed by atoms with Gasteiger partial charge in [0.05, 0.1) is 29.1 Å². The first-order chi connectivity index (χ1) is 22.5. The van der Waals surface area contributed by atoms with Gasteiger partial charge in [-0.25, -0.2) is 15.0 Å². The van der Waals surface area contributed by atoms with Gasteiger partial charge in [-0.15, -0.1) is 22.1 Å². The summed E-state index contributed by atoms with van der Waals surface area (Å²) in [4.78, 5) is 49.2. The van der Waals surface area contributed by atoms with Gasteiger partial charge in [0, 0.05) is 30.8 Å². The Labute approximate surface area is 289 Å². The van der Waals surface area contributed by atoms with E-state index in [9.17, 15) is 19.8 Å². The molecule has 0 saturated heterocycles. The second-order valence-electron chi connectivity index (χ2n) is 11.3. The molecule has 6 rings (SSSR count). The maximum Gasteiger partial charge on any atom is 2.00 e. The number of nitrogens with zero attached hydrogens (tertiary/aromatic N) is 5. The summed E-state index contributed by atoms with van der Waals surface area (Å²) in [5, 5.41) is 18.9. The number of aromatic nitrogens is 6. The third-order valence-corrected chi connectivity index (χ3v) is 8.47. The maximum atomic E-state index is 11.5. The van der Waals surface area contributed by atoms with Gasteiger partial charge in [0.15, 0.2) is 0 Å². The molecule has 0 aliphatic carbocycles. The van der Waals surface area contributed by atoms with E-state index in [-0.39, 0.29) is 29.9 Å². The molecule has 0 amide bonds. The van der Waals surface area contributed by atoms with Gasteiger partial charge in [-0.3, -0.25) is 9.59 Å². The summed E-state index contributed by atoms with van der Waals surface area (Å²) >= 11 is 0. The van der Waals surface area contributed by atoms with Crippen molar-refractivity contribution >= 4 is 62.4 Å². The molecule has 11 heteroatoms. The average Bonchev–Trinajstić information content (AvgIpc) is 3.84. The van der Waals surface area contributed by atoms with Gasteiger partial charge in [-0.05, 0) is 62.8 Å². The van der Waals surface area contributed by atoms with E-state index >= 15 is 0 Å². The van der Waals surface area contributed by atoms with Crippen molar-refractivity contribution in [2.45, 2.75) is 53.4 Å². The van der Waals surface area contributed by atoms with Crippen LogP contribution >= 0.6 is 0 Å². The van der Waals surface area contributed by atoms with E-state index in [1.54, 1.807) is 30.9 Å². The molecule has 8 bridgehead atoms. The van der Waals surface area contributed by atoms with Crippen molar-refractivity contribution in [2.75, 3.05) is 0 Å². The molecule has 48 heavy (non-hydrogen) atoms. The van der Waals surface area contributed by atoms with Gasteiger partial charge in [0.25, 0.3) is 0 Å². The predicted molar refractivity (Wildman–Crippen MR) is 185 cm³/mol. The van der Waals surface area contributed by atoms with Crippen molar-refractivity contribution < 1.29 is 36.9 Å². The van der Waals surface area contributed by atoms with Crippen LogP contribution < -0.4 is 9.97 Å². The van der Waals surface area contributed by atoms with Crippen LogP contribution in [0.5, 0.6) is 0 Å². The Balaban J connectivity index is 0.000000794. The number of H-pyrrole nitrogens is 1. The van der Waals surface area contributed by atoms with Crippen molar-refractivity contribution in [3.05, 3.63) is 107 Å². The fourth-order valence-electron chi connectivity index (χ4n) is 5.83. The molecule has 0 atom stereocenters. The van der Waals surface area contributed by atoms with Crippen molar-refractivity contribution in [3.63, 3.8) is 0 Å². The number of hydrogen-bond donors (Lipinski definition) is 3. The molecule has 0 fully saturated rings. The van der Waals surface area contributed by atoms with Crippen molar-refractivity contribution in [3.8, 4) is 0 Å². The molecule has 246 valence electrons. The molecule has 2 aliphatic rings. The molecule has 0 unspecified atom stereocenters. The number of fused-ring (bicyclic) bond motifs is 8. The van der Waals surface area contributed by atoms with Gasteiger partial charge in [-0.2, -0.15) is 0 Å². The standard InChI is InChI=1S/C34H34N4O4.C3H4N2.Fe/c1-7-21-17(3)25-13-26-19(5)23(9-11-33(39)40)31(37-26)16-32-24(10-12-34(41)42)20(6)28(38-32)15-30-22(8-2)18(4)27(36-30)14-29(21)35-25;1-2-5-3-4-1;/h7-8,13-16H,1-2,9-12H2,3-6H3,(H4,35,36,37,38,39,40,41,42);1-3H,(H,4,5);/q;;+2/p-2. The Hall–Kier alpha value is -5.25. The van der Waals surface area contributed by atoms with Crippen molar-refractivity contribution in [1.82, 2.24) is 29.9 Å². The van der Waals surface area contributed by atoms with E-state index < -0.39 is 11.9 Å². The Morgan fingerprint density at radius 1 is 0.771 bits per heavy atom. The Kier molecular flexibility index (Phi) is 11.2. The van der Waals surface area contributed by atoms with Crippen LogP contribution in [0.25, 0.3) is 50.4 Å². The minimum absolute atomic E-state index is 0. The summed E-state index contributed by atoms with van der Waals surface area (Å²) in [5.74, 6) is -1.80. The summed E-state index contributed by atoms with van der Waals surface area (Å²) < 4.78 is 0. The zero-order valence-electron chi connectivity index (χ0n) is 27.2. The SMILES string of the molecule is C=CC1=C(C)c2cc3[n-]c(cc4nc(cc5[n-]c(cc1n2)c(C)c5C=C)C(C)=C4CCC(=O)O)c(CCC(=O)O)c3C.[Fe+2].c1c[nH]cn1. The minimum Gasteiger partial charge on any atom is -0.657 e. The average molecular weight is 685 g/mol. The van der Waals surface area contributed by atoms with Crippen molar-refractivity contribution in [2.24, 2.45) is 0 Å². The van der Waals surface area contributed by atoms with Crippen LogP contribution in [-0.2, 0) is 33.1 Å². The molecule has 0 aromatic carbocycles. The summed E-state index contributed by atoms with van der Waals surface area (Å²) in [7, 11) is 0. The third-order valence-electron chi connectivity index (χ3n) is 8.47. The molecule has 4 aromatic rings. The first kappa shape index (κ1) is 35.6. The number of carbonyl (C=O) groups is 2. The van der Waals surface area contributed by atoms with Crippen molar-refractivity contribution in [1.29, 1.82) is 0 Å². The Morgan fingerprint density at radius 3 is 1.96 bits per heavy atom. The van der Waals surface area contributed by atoms with Gasteiger partial charge in [-0.1, -0.05) is 66.3 Å². The van der Waals surface area contributed by atoms with Crippen LogP contribution in [0.15, 0.2) is 62.2 Å². The number of hydrogen-bond acceptors (Lipinski definition) is 5. The quantitative estimate of drug-likeness (QED) is 0.164. The molecule has 2 aliphatic heterocycles. The molecular formula is C37H36FeN6O4. The zero-order chi connectivity index (χ0) is 33.8. The van der Waals surface area contributed by atoms with E-state index in [4.69, 9.17) is 19.9 Å². The largest absolute Gasteiger partial charge is 2.00 e. The van der Waals surface area contributed by atoms with E-state index in [0.717, 1.165) is 61.5 Å². The van der Waals surface area contributed by atoms with Crippen LogP contribution in [0.4, 0.5) is 0 Å². The number of imidazole rings is 1. The number of aliphatic carboxylic acids is 2. The number of carboxylic acids is 2. The number of aromatic amines is 1. The van der Waals surface area contributed by atoms with Crippen LogP contribution in [0.3, 0.4) is 0 Å². The van der Waals surface area contributed by atoms with Gasteiger partial charge in [0.2, 0.25) is 0 Å². The van der Waals surface area contributed by atoms with Gasteiger partial charge >= 0.3 is 29.0 Å². The molecule has 0 spiro atoms. The first-order valence-electron chi connectivity index (χ1n) is 15.2. The van der Waals surface area contributed by atoms with Crippen LogP contribution in [0.1, 0.15) is 78.1 Å². The monoisotopic (exact) mass is 684 g/mol. The Morgan fingerprint density at radius 2 is 1.35 bits per heavy atom. The second kappa shape index (κ2) is 15.1. The van der Waals surface area contributed by atoms with Gasteiger partial charge < -0.3 is 25.2 Å². The summed E-state index contributed by atoms with van der Waals surface area (Å²) in [6, 6.07) is 7.62. The maximum absolute atomic E-state index is 11.5. The summed E-state index contributed by atoms with van der Waals surface area (Å²) in [6.45, 7) is 15.9. The molecule has 6 heterocycles. The third kappa shape index (κ3) is 7.33. The predicted octanol–water partition coefficient (Wildman–Crippen LogP) is 7.17. The molecule has 10 nitrogen and oxygen atoms in total. The fourth-order valence-corrected chi connectivity index (χ4v) is 5.83. The number of aryl methyl sites for hydroxylation is 3. The van der Waals surface area contributed by atoms with Crippen LogP contribution in [-0.4, -0.2) is 42.1 Å².